The van der Waals surface area contributed by atoms with Gasteiger partial charge in [0.15, 0.2) is 0 Å². The van der Waals surface area contributed by atoms with E-state index in [-0.39, 0.29) is 0 Å². The van der Waals surface area contributed by atoms with Crippen LogP contribution in [0.3, 0.4) is 0 Å². The maximum Gasteiger partial charge on any atom is 0.124 e. The van der Waals surface area contributed by atoms with E-state index in [1.165, 1.54) is 44.3 Å². The van der Waals surface area contributed by atoms with Gasteiger partial charge in [0.1, 0.15) is 11.9 Å². The van der Waals surface area contributed by atoms with E-state index in [9.17, 15) is 0 Å². The van der Waals surface area contributed by atoms with Crippen LogP contribution in [0.25, 0.3) is 0 Å². The number of rotatable bonds is 0. The molecule has 1 nitrogen and oxygen atoms in total. The van der Waals surface area contributed by atoms with Gasteiger partial charge in [-0.15, -0.1) is 0 Å². The first-order chi connectivity index (χ1) is 8.89. The summed E-state index contributed by atoms with van der Waals surface area (Å²) in [5.74, 6) is 2.01. The lowest BCUT2D eigenvalue weighted by Gasteiger charge is -2.50. The second-order valence-corrected chi connectivity index (χ2v) is 6.40. The smallest absolute Gasteiger partial charge is 0.124 e. The van der Waals surface area contributed by atoms with E-state index in [4.69, 9.17) is 4.74 Å². The molecule has 1 heterocycles. The zero-order valence-corrected chi connectivity index (χ0v) is 10.6. The molecule has 5 rings (SSSR count). The van der Waals surface area contributed by atoms with E-state index in [1.54, 1.807) is 16.7 Å². The summed E-state index contributed by atoms with van der Waals surface area (Å²) in [6.07, 6.45) is 10.8. The van der Waals surface area contributed by atoms with Crippen LogP contribution in [-0.2, 0) is 11.8 Å². The van der Waals surface area contributed by atoms with Gasteiger partial charge < -0.3 is 4.74 Å². The van der Waals surface area contributed by atoms with Crippen LogP contribution in [0.4, 0.5) is 0 Å². The molecule has 0 radical (unpaired) electrons. The van der Waals surface area contributed by atoms with Crippen LogP contribution in [0.1, 0.15) is 43.2 Å². The Morgan fingerprint density at radius 3 is 3.22 bits per heavy atom. The Morgan fingerprint density at radius 2 is 2.22 bits per heavy atom. The Bertz CT molecular complexity index is 571. The van der Waals surface area contributed by atoms with E-state index in [0.29, 0.717) is 11.5 Å². The van der Waals surface area contributed by atoms with Crippen molar-refractivity contribution >= 4 is 0 Å². The topological polar surface area (TPSA) is 9.23 Å². The fourth-order valence-corrected chi connectivity index (χ4v) is 5.20. The van der Waals surface area contributed by atoms with Crippen molar-refractivity contribution in [3.05, 3.63) is 41.0 Å². The van der Waals surface area contributed by atoms with Gasteiger partial charge in [-0.2, -0.15) is 0 Å². The summed E-state index contributed by atoms with van der Waals surface area (Å²) in [6, 6.07) is 6.72. The molecule has 92 valence electrons. The van der Waals surface area contributed by atoms with Crippen LogP contribution >= 0.6 is 0 Å². The zero-order valence-electron chi connectivity index (χ0n) is 10.6. The van der Waals surface area contributed by atoms with Crippen molar-refractivity contribution in [2.45, 2.75) is 50.0 Å². The molecule has 1 saturated carbocycles. The third kappa shape index (κ3) is 0.899. The van der Waals surface area contributed by atoms with E-state index in [1.807, 2.05) is 0 Å². The summed E-state index contributed by atoms with van der Waals surface area (Å²) < 4.78 is 6.34. The van der Waals surface area contributed by atoms with Gasteiger partial charge >= 0.3 is 0 Å². The van der Waals surface area contributed by atoms with Crippen LogP contribution in [0.5, 0.6) is 5.75 Å². The van der Waals surface area contributed by atoms with Gasteiger partial charge in [-0.1, -0.05) is 30.2 Å². The highest BCUT2D eigenvalue weighted by atomic mass is 16.5. The first-order valence-electron chi connectivity index (χ1n) is 7.39. The molecule has 4 aliphatic rings. The average molecular weight is 238 g/mol. The molecule has 0 amide bonds. The summed E-state index contributed by atoms with van der Waals surface area (Å²) in [5.41, 5.74) is 5.21. The van der Waals surface area contributed by atoms with E-state index >= 15 is 0 Å². The Kier molecular flexibility index (Phi) is 1.62. The molecule has 1 aromatic rings. The van der Waals surface area contributed by atoms with Crippen molar-refractivity contribution in [1.82, 2.24) is 0 Å². The van der Waals surface area contributed by atoms with Gasteiger partial charge in [0.05, 0.1) is 5.41 Å². The summed E-state index contributed by atoms with van der Waals surface area (Å²) in [4.78, 5) is 0. The van der Waals surface area contributed by atoms with Crippen LogP contribution in [0.2, 0.25) is 0 Å². The van der Waals surface area contributed by atoms with Crippen LogP contribution in [-0.4, -0.2) is 6.10 Å². The lowest BCUT2D eigenvalue weighted by Crippen LogP contribution is -2.49. The Morgan fingerprint density at radius 1 is 1.22 bits per heavy atom. The summed E-state index contributed by atoms with van der Waals surface area (Å²) in [6.45, 7) is 0. The van der Waals surface area contributed by atoms with Crippen LogP contribution in [0.15, 0.2) is 29.8 Å². The van der Waals surface area contributed by atoms with Gasteiger partial charge in [0.25, 0.3) is 0 Å². The molecular formula is C17H18O. The van der Waals surface area contributed by atoms with Gasteiger partial charge in [0, 0.05) is 5.56 Å². The fraction of sp³-hybridized carbons (Fsp3) is 0.529. The average Bonchev–Trinajstić information content (AvgIpc) is 2.70. The number of hydrogen-bond donors (Lipinski definition) is 0. The molecular weight excluding hydrogens is 220 g/mol. The molecule has 3 atom stereocenters. The largest absolute Gasteiger partial charge is 0.489 e. The standard InChI is InChI=1S/C17H18O/c1-4-12-10-11-5-3-9-17-13(11)6-2-8-15(17)18-14(7-1)16(12)17/h1,4,6-7,11,15H,2-3,5,8-10H2/t11-,15?,17-/m1/s1. The van der Waals surface area contributed by atoms with Crippen molar-refractivity contribution in [3.8, 4) is 5.75 Å². The monoisotopic (exact) mass is 238 g/mol. The minimum atomic E-state index is 0.297. The highest BCUT2D eigenvalue weighted by Crippen LogP contribution is 2.62. The lowest BCUT2D eigenvalue weighted by atomic mass is 9.53. The number of allylic oxidation sites excluding steroid dienone is 1. The van der Waals surface area contributed by atoms with Crippen molar-refractivity contribution in [1.29, 1.82) is 0 Å². The molecule has 1 aliphatic heterocycles. The summed E-state index contributed by atoms with van der Waals surface area (Å²) in [7, 11) is 0. The van der Waals surface area contributed by atoms with Crippen LogP contribution < -0.4 is 4.74 Å². The highest BCUT2D eigenvalue weighted by Gasteiger charge is 2.58. The van der Waals surface area contributed by atoms with Gasteiger partial charge in [-0.25, -0.2) is 0 Å². The summed E-state index contributed by atoms with van der Waals surface area (Å²) in [5, 5.41) is 0. The lowest BCUT2D eigenvalue weighted by molar-refractivity contribution is 0.114. The quantitative estimate of drug-likeness (QED) is 0.625. The molecule has 18 heavy (non-hydrogen) atoms. The van der Waals surface area contributed by atoms with Crippen LogP contribution in [0, 0.1) is 5.92 Å². The first-order valence-corrected chi connectivity index (χ1v) is 7.39. The third-order valence-electron chi connectivity index (χ3n) is 5.72. The number of hydrogen-bond acceptors (Lipinski definition) is 1. The van der Waals surface area contributed by atoms with E-state index in [0.717, 1.165) is 5.92 Å². The maximum absolute atomic E-state index is 6.34. The Labute approximate surface area is 108 Å². The molecule has 2 bridgehead atoms. The minimum absolute atomic E-state index is 0.297. The number of ether oxygens (including phenoxy) is 1. The fourth-order valence-electron chi connectivity index (χ4n) is 5.20. The predicted molar refractivity (Wildman–Crippen MR) is 70.9 cm³/mol. The normalized spacial score (nSPS) is 38.8. The molecule has 1 aromatic carbocycles. The Hall–Kier alpha value is -1.24. The second-order valence-electron chi connectivity index (χ2n) is 6.40. The summed E-state index contributed by atoms with van der Waals surface area (Å²) >= 11 is 0. The third-order valence-corrected chi connectivity index (χ3v) is 5.72. The Balaban J connectivity index is 1.89. The van der Waals surface area contributed by atoms with E-state index < -0.39 is 0 Å². The second kappa shape index (κ2) is 3.01. The van der Waals surface area contributed by atoms with Crippen molar-refractivity contribution in [2.75, 3.05) is 0 Å². The highest BCUT2D eigenvalue weighted by molar-refractivity contribution is 5.60. The molecule has 3 aliphatic carbocycles. The number of benzene rings is 1. The molecule has 0 N–H and O–H groups in total. The molecule has 0 saturated heterocycles. The molecule has 1 spiro atoms. The van der Waals surface area contributed by atoms with E-state index in [2.05, 4.69) is 24.3 Å². The van der Waals surface area contributed by atoms with Gasteiger partial charge in [0.2, 0.25) is 0 Å². The molecule has 1 fully saturated rings. The molecule has 1 heteroatoms. The maximum atomic E-state index is 6.34. The predicted octanol–water partition coefficient (Wildman–Crippen LogP) is 3.76. The first kappa shape index (κ1) is 9.66. The van der Waals surface area contributed by atoms with Crippen molar-refractivity contribution in [2.24, 2.45) is 5.92 Å². The minimum Gasteiger partial charge on any atom is -0.489 e. The van der Waals surface area contributed by atoms with Gasteiger partial charge in [-0.05, 0) is 49.7 Å². The van der Waals surface area contributed by atoms with Crippen molar-refractivity contribution in [3.63, 3.8) is 0 Å². The molecule has 1 unspecified atom stereocenters. The van der Waals surface area contributed by atoms with Gasteiger partial charge in [-0.3, -0.25) is 0 Å². The zero-order chi connectivity index (χ0) is 11.7. The van der Waals surface area contributed by atoms with Crippen molar-refractivity contribution < 1.29 is 4.74 Å². The molecule has 0 aromatic heterocycles. The SMILES string of the molecule is C1=C2[C@@H]3CCC[C@@]24c2c(cccc2OC4CC1)C3.